The molecule has 1 saturated carbocycles. The highest BCUT2D eigenvalue weighted by molar-refractivity contribution is 6.17. The predicted octanol–water partition coefficient (Wildman–Crippen LogP) is 4.22. The molecule has 1 spiro atoms. The van der Waals surface area contributed by atoms with Crippen molar-refractivity contribution < 1.29 is 14.2 Å². The molecular weight excluding hydrogens is 288 g/mol. The van der Waals surface area contributed by atoms with Crippen molar-refractivity contribution in [3.05, 3.63) is 23.3 Å². The maximum Gasteiger partial charge on any atom is 0.161 e. The SMILES string of the molecule is COc1cc2c(cc1OC)C1(CCCC1)COC2CCCl. The molecule has 2 aliphatic rings. The van der Waals surface area contributed by atoms with E-state index in [1.54, 1.807) is 14.2 Å². The number of hydrogen-bond acceptors (Lipinski definition) is 3. The van der Waals surface area contributed by atoms with Crippen LogP contribution in [0.3, 0.4) is 0 Å². The number of hydrogen-bond donors (Lipinski definition) is 0. The van der Waals surface area contributed by atoms with Crippen molar-refractivity contribution in [1.29, 1.82) is 0 Å². The summed E-state index contributed by atoms with van der Waals surface area (Å²) in [6, 6.07) is 4.26. The standard InChI is InChI=1S/C17H23ClO3/c1-19-15-9-12-13(10-16(15)20-2)17(6-3-4-7-17)11-21-14(12)5-8-18/h9-10,14H,3-8,11H2,1-2H3. The number of ether oxygens (including phenoxy) is 3. The number of halogens is 1. The molecule has 1 aliphatic carbocycles. The van der Waals surface area contributed by atoms with Gasteiger partial charge in [-0.1, -0.05) is 12.8 Å². The number of alkyl halides is 1. The van der Waals surface area contributed by atoms with Gasteiger partial charge in [-0.3, -0.25) is 0 Å². The first kappa shape index (κ1) is 15.0. The second kappa shape index (κ2) is 6.05. The smallest absolute Gasteiger partial charge is 0.161 e. The second-order valence-electron chi connectivity index (χ2n) is 6.06. The van der Waals surface area contributed by atoms with Gasteiger partial charge < -0.3 is 14.2 Å². The summed E-state index contributed by atoms with van der Waals surface area (Å²) in [5.41, 5.74) is 2.79. The molecule has 0 N–H and O–H groups in total. The zero-order valence-corrected chi connectivity index (χ0v) is 13.5. The highest BCUT2D eigenvalue weighted by atomic mass is 35.5. The van der Waals surface area contributed by atoms with E-state index in [2.05, 4.69) is 12.1 Å². The summed E-state index contributed by atoms with van der Waals surface area (Å²) < 4.78 is 17.1. The van der Waals surface area contributed by atoms with Crippen molar-refractivity contribution in [2.24, 2.45) is 0 Å². The summed E-state index contributed by atoms with van der Waals surface area (Å²) >= 11 is 5.95. The molecule has 3 nitrogen and oxygen atoms in total. The largest absolute Gasteiger partial charge is 0.493 e. The van der Waals surface area contributed by atoms with Gasteiger partial charge in [0.25, 0.3) is 0 Å². The van der Waals surface area contributed by atoms with E-state index < -0.39 is 0 Å². The minimum absolute atomic E-state index is 0.0727. The monoisotopic (exact) mass is 310 g/mol. The van der Waals surface area contributed by atoms with Gasteiger partial charge in [0.1, 0.15) is 0 Å². The van der Waals surface area contributed by atoms with Crippen LogP contribution in [0.2, 0.25) is 0 Å². The van der Waals surface area contributed by atoms with Gasteiger partial charge >= 0.3 is 0 Å². The quantitative estimate of drug-likeness (QED) is 0.779. The van der Waals surface area contributed by atoms with Gasteiger partial charge in [-0.2, -0.15) is 0 Å². The van der Waals surface area contributed by atoms with Gasteiger partial charge in [0.2, 0.25) is 0 Å². The highest BCUT2D eigenvalue weighted by Gasteiger charge is 2.43. The zero-order chi connectivity index (χ0) is 14.9. The molecule has 1 aromatic rings. The van der Waals surface area contributed by atoms with Crippen LogP contribution >= 0.6 is 11.6 Å². The molecule has 0 aromatic heterocycles. The molecule has 1 heterocycles. The fraction of sp³-hybridized carbons (Fsp3) is 0.647. The Hall–Kier alpha value is -0.930. The lowest BCUT2D eigenvalue weighted by atomic mass is 9.74. The van der Waals surface area contributed by atoms with E-state index >= 15 is 0 Å². The van der Waals surface area contributed by atoms with Crippen LogP contribution in [0.1, 0.15) is 49.3 Å². The minimum atomic E-state index is 0.0727. The molecular formula is C17H23ClO3. The summed E-state index contributed by atoms with van der Waals surface area (Å²) in [5.74, 6) is 2.19. The number of benzene rings is 1. The molecule has 1 atom stereocenters. The van der Waals surface area contributed by atoms with E-state index in [0.717, 1.165) is 24.5 Å². The van der Waals surface area contributed by atoms with E-state index in [4.69, 9.17) is 25.8 Å². The van der Waals surface area contributed by atoms with Gasteiger partial charge in [0, 0.05) is 11.3 Å². The summed E-state index contributed by atoms with van der Waals surface area (Å²) in [5, 5.41) is 0. The van der Waals surface area contributed by atoms with Crippen LogP contribution in [0, 0.1) is 0 Å². The lowest BCUT2D eigenvalue weighted by molar-refractivity contribution is -0.00310. The van der Waals surface area contributed by atoms with E-state index in [1.807, 2.05) is 0 Å². The summed E-state index contributed by atoms with van der Waals surface area (Å²) in [7, 11) is 3.37. The Bertz CT molecular complexity index is 509. The lowest BCUT2D eigenvalue weighted by Crippen LogP contribution is -2.36. The van der Waals surface area contributed by atoms with Crippen LogP contribution in [0.25, 0.3) is 0 Å². The normalized spacial score (nSPS) is 23.1. The van der Waals surface area contributed by atoms with Crippen LogP contribution in [0.15, 0.2) is 12.1 Å². The second-order valence-corrected chi connectivity index (χ2v) is 6.44. The molecule has 1 fully saturated rings. The van der Waals surface area contributed by atoms with Crippen LogP contribution in [-0.2, 0) is 10.2 Å². The molecule has 116 valence electrons. The topological polar surface area (TPSA) is 27.7 Å². The van der Waals surface area contributed by atoms with Gasteiger partial charge in [-0.05, 0) is 42.5 Å². The summed E-state index contributed by atoms with van der Waals surface area (Å²) in [6.45, 7) is 0.803. The van der Waals surface area contributed by atoms with Crippen molar-refractivity contribution in [3.8, 4) is 11.5 Å². The van der Waals surface area contributed by atoms with Gasteiger partial charge in [0.05, 0.1) is 26.9 Å². The van der Waals surface area contributed by atoms with E-state index in [-0.39, 0.29) is 11.5 Å². The van der Waals surface area contributed by atoms with Crippen LogP contribution in [-0.4, -0.2) is 26.7 Å². The summed E-state index contributed by atoms with van der Waals surface area (Å²) in [6.07, 6.45) is 5.85. The maximum atomic E-state index is 6.17. The molecule has 21 heavy (non-hydrogen) atoms. The van der Waals surface area contributed by atoms with Crippen molar-refractivity contribution in [2.75, 3.05) is 26.7 Å². The highest BCUT2D eigenvalue weighted by Crippen LogP contribution is 2.51. The Morgan fingerprint density at radius 3 is 2.48 bits per heavy atom. The average Bonchev–Trinajstić information content (AvgIpc) is 2.99. The first-order valence-electron chi connectivity index (χ1n) is 7.68. The Labute approximate surface area is 131 Å². The maximum absolute atomic E-state index is 6.17. The Kier molecular flexibility index (Phi) is 4.32. The molecule has 0 amide bonds. The van der Waals surface area contributed by atoms with Gasteiger partial charge in [0.15, 0.2) is 11.5 Å². The average molecular weight is 311 g/mol. The van der Waals surface area contributed by atoms with Crippen molar-refractivity contribution in [1.82, 2.24) is 0 Å². The Morgan fingerprint density at radius 2 is 1.86 bits per heavy atom. The first-order valence-corrected chi connectivity index (χ1v) is 8.21. The lowest BCUT2D eigenvalue weighted by Gasteiger charge is -2.40. The van der Waals surface area contributed by atoms with Crippen molar-refractivity contribution in [2.45, 2.75) is 43.6 Å². The first-order chi connectivity index (χ1) is 10.2. The van der Waals surface area contributed by atoms with E-state index in [0.29, 0.717) is 5.88 Å². The zero-order valence-electron chi connectivity index (χ0n) is 12.8. The van der Waals surface area contributed by atoms with Crippen LogP contribution in [0.4, 0.5) is 0 Å². The van der Waals surface area contributed by atoms with E-state index in [9.17, 15) is 0 Å². The number of fused-ring (bicyclic) bond motifs is 2. The van der Waals surface area contributed by atoms with Crippen LogP contribution < -0.4 is 9.47 Å². The molecule has 3 rings (SSSR count). The minimum Gasteiger partial charge on any atom is -0.493 e. The third-order valence-electron chi connectivity index (χ3n) is 4.97. The third-order valence-corrected chi connectivity index (χ3v) is 5.18. The van der Waals surface area contributed by atoms with Gasteiger partial charge in [-0.25, -0.2) is 0 Å². The molecule has 1 aliphatic heterocycles. The fourth-order valence-corrected chi connectivity index (χ4v) is 4.05. The fourth-order valence-electron chi connectivity index (χ4n) is 3.85. The number of rotatable bonds is 4. The van der Waals surface area contributed by atoms with E-state index in [1.165, 1.54) is 36.8 Å². The van der Waals surface area contributed by atoms with Crippen molar-refractivity contribution >= 4 is 11.6 Å². The molecule has 0 radical (unpaired) electrons. The molecule has 4 heteroatoms. The molecule has 1 aromatic carbocycles. The Morgan fingerprint density at radius 1 is 1.19 bits per heavy atom. The Balaban J connectivity index is 2.11. The molecule has 0 saturated heterocycles. The van der Waals surface area contributed by atoms with Crippen molar-refractivity contribution in [3.63, 3.8) is 0 Å². The van der Waals surface area contributed by atoms with Gasteiger partial charge in [-0.15, -0.1) is 11.6 Å². The third kappa shape index (κ3) is 2.51. The molecule has 1 unspecified atom stereocenters. The predicted molar refractivity (Wildman–Crippen MR) is 83.7 cm³/mol. The summed E-state index contributed by atoms with van der Waals surface area (Å²) in [4.78, 5) is 0. The number of methoxy groups -OCH3 is 2. The molecule has 0 bridgehead atoms. The van der Waals surface area contributed by atoms with Crippen LogP contribution in [0.5, 0.6) is 11.5 Å².